The molecule has 1 aliphatic heterocycles. The molecule has 17 heteroatoms. The summed E-state index contributed by atoms with van der Waals surface area (Å²) in [5.74, 6) is -1.92. The van der Waals surface area contributed by atoms with Gasteiger partial charge < -0.3 is 41.5 Å². The maximum atomic E-state index is 12.8. The highest BCUT2D eigenvalue weighted by Gasteiger charge is 2.39. The van der Waals surface area contributed by atoms with Crippen LogP contribution in [0.4, 0.5) is 15.3 Å². The Hall–Kier alpha value is -5.22. The van der Waals surface area contributed by atoms with Crippen molar-refractivity contribution in [3.63, 3.8) is 0 Å². The molecule has 1 aliphatic rings. The van der Waals surface area contributed by atoms with Crippen molar-refractivity contribution in [3.05, 3.63) is 29.8 Å². The molecular formula is C40H68N8O9. The van der Waals surface area contributed by atoms with E-state index in [9.17, 15) is 38.4 Å². The first-order valence-corrected chi connectivity index (χ1v) is 19.8. The number of benzene rings is 1. The van der Waals surface area contributed by atoms with Crippen LogP contribution < -0.4 is 27.0 Å². The molecule has 0 spiro atoms. The molecule has 57 heavy (non-hydrogen) atoms. The van der Waals surface area contributed by atoms with Crippen LogP contribution in [-0.4, -0.2) is 115 Å². The van der Waals surface area contributed by atoms with Crippen molar-refractivity contribution in [1.29, 1.82) is 0 Å². The molecule has 1 aromatic carbocycles. The predicted molar refractivity (Wildman–Crippen MR) is 218 cm³/mol. The fourth-order valence-corrected chi connectivity index (χ4v) is 5.20. The Morgan fingerprint density at radius 2 is 1.51 bits per heavy atom. The van der Waals surface area contributed by atoms with Gasteiger partial charge in [-0.1, -0.05) is 67.0 Å². The largest absolute Gasteiger partial charge is 0.445 e. The minimum Gasteiger partial charge on any atom is -0.445 e. The van der Waals surface area contributed by atoms with E-state index in [4.69, 9.17) is 10.5 Å². The molecule has 1 heterocycles. The molecule has 322 valence electrons. The smallest absolute Gasteiger partial charge is 0.409 e. The lowest BCUT2D eigenvalue weighted by Crippen LogP contribution is -2.51. The monoisotopic (exact) mass is 805 g/mol. The summed E-state index contributed by atoms with van der Waals surface area (Å²) in [6.45, 7) is 16.3. The summed E-state index contributed by atoms with van der Waals surface area (Å²) in [6.07, 6.45) is 2.66. The highest BCUT2D eigenvalue weighted by atomic mass is 16.6. The number of carbonyl (C=O) groups is 8. The van der Waals surface area contributed by atoms with Gasteiger partial charge in [0.1, 0.15) is 12.6 Å². The number of carbonyl (C=O) groups excluding carboxylic acids is 8. The topological polar surface area (TPSA) is 230 Å². The summed E-state index contributed by atoms with van der Waals surface area (Å²) < 4.78 is 5.30. The first kappa shape index (κ1) is 51.8. The molecule has 9 amide bonds. The van der Waals surface area contributed by atoms with Crippen molar-refractivity contribution in [2.24, 2.45) is 23.5 Å². The number of urea groups is 1. The zero-order chi connectivity index (χ0) is 43.7. The standard InChI is InChI=1S/C34H52N6O8.C4H10N2O.C2H6/c1-22(2)27-19-30(44)40(33(27)46)16-10-8-9-11-28(42)37-31(23(3)4)32(45)35-20-29(43)36-26-14-12-25(13-15-26)21-48-34(47)39(7)18-17-38(6)24(5)41;1-2-3-6-4(5)7;1-2/h12-15,22-23,27,31H,8-11,16-21H2,1-7H3,(H,35,45)(H,36,43)(H,37,42);2-3H2,1H3,(H3,5,6,7);1-2H3. The molecule has 1 saturated heterocycles. The lowest BCUT2D eigenvalue weighted by molar-refractivity contribution is -0.140. The van der Waals surface area contributed by atoms with Gasteiger partial charge in [-0.05, 0) is 48.8 Å². The van der Waals surface area contributed by atoms with Crippen LogP contribution in [0, 0.1) is 17.8 Å². The highest BCUT2D eigenvalue weighted by Crippen LogP contribution is 2.26. The third-order valence-corrected chi connectivity index (χ3v) is 8.83. The van der Waals surface area contributed by atoms with E-state index in [1.165, 1.54) is 21.6 Å². The van der Waals surface area contributed by atoms with Gasteiger partial charge in [0, 0.05) is 71.6 Å². The quantitative estimate of drug-likeness (QED) is 0.0957. The van der Waals surface area contributed by atoms with Crippen molar-refractivity contribution in [3.8, 4) is 0 Å². The minimum absolute atomic E-state index is 0.0256. The van der Waals surface area contributed by atoms with Gasteiger partial charge in [0.15, 0.2) is 0 Å². The second kappa shape index (κ2) is 28.2. The van der Waals surface area contributed by atoms with Gasteiger partial charge in [0.25, 0.3) is 0 Å². The van der Waals surface area contributed by atoms with Crippen LogP contribution >= 0.6 is 0 Å². The average Bonchev–Trinajstić information content (AvgIpc) is 3.46. The molecule has 0 radical (unpaired) electrons. The molecule has 0 aliphatic carbocycles. The number of nitrogens with zero attached hydrogens (tertiary/aromatic N) is 3. The van der Waals surface area contributed by atoms with E-state index in [0.29, 0.717) is 56.7 Å². The van der Waals surface area contributed by atoms with Crippen molar-refractivity contribution < 1.29 is 43.1 Å². The first-order valence-electron chi connectivity index (χ1n) is 19.8. The van der Waals surface area contributed by atoms with Crippen LogP contribution in [0.1, 0.15) is 99.5 Å². The number of amides is 9. The Labute approximate surface area is 338 Å². The number of imide groups is 1. The van der Waals surface area contributed by atoms with Gasteiger partial charge >= 0.3 is 12.1 Å². The Bertz CT molecular complexity index is 1450. The predicted octanol–water partition coefficient (Wildman–Crippen LogP) is 3.61. The first-order chi connectivity index (χ1) is 26.9. The number of hydrogen-bond acceptors (Lipinski definition) is 9. The number of unbranched alkanes of at least 4 members (excludes halogenated alkanes) is 2. The molecule has 0 bridgehead atoms. The van der Waals surface area contributed by atoms with E-state index in [2.05, 4.69) is 21.3 Å². The number of nitrogens with two attached hydrogens (primary N) is 1. The van der Waals surface area contributed by atoms with Crippen LogP contribution in [0.3, 0.4) is 0 Å². The van der Waals surface area contributed by atoms with Crippen molar-refractivity contribution in [1.82, 2.24) is 30.7 Å². The maximum Gasteiger partial charge on any atom is 0.409 e. The summed E-state index contributed by atoms with van der Waals surface area (Å²) >= 11 is 0. The molecule has 1 aromatic rings. The molecule has 0 saturated carbocycles. The Morgan fingerprint density at radius 3 is 2.02 bits per heavy atom. The number of rotatable bonds is 20. The maximum absolute atomic E-state index is 12.8. The van der Waals surface area contributed by atoms with E-state index in [0.717, 1.165) is 6.42 Å². The van der Waals surface area contributed by atoms with Gasteiger partial charge in [-0.2, -0.15) is 0 Å². The normalized spacial score (nSPS) is 13.7. The summed E-state index contributed by atoms with van der Waals surface area (Å²) in [5.41, 5.74) is 5.92. The number of anilines is 1. The minimum atomic E-state index is -0.825. The van der Waals surface area contributed by atoms with Crippen LogP contribution in [-0.2, 0) is 40.1 Å². The van der Waals surface area contributed by atoms with Gasteiger partial charge in [0.2, 0.25) is 35.4 Å². The zero-order valence-electron chi connectivity index (χ0n) is 35.7. The Balaban J connectivity index is 0.00000313. The second-order valence-electron chi connectivity index (χ2n) is 14.2. The Kier molecular flexibility index (Phi) is 25.6. The molecule has 1 fully saturated rings. The summed E-state index contributed by atoms with van der Waals surface area (Å²) in [5, 5.41) is 10.4. The second-order valence-corrected chi connectivity index (χ2v) is 14.2. The molecule has 0 aromatic heterocycles. The summed E-state index contributed by atoms with van der Waals surface area (Å²) in [4.78, 5) is 100. The average molecular weight is 805 g/mol. The van der Waals surface area contributed by atoms with Gasteiger partial charge in [-0.25, -0.2) is 9.59 Å². The van der Waals surface area contributed by atoms with Crippen molar-refractivity contribution in [2.45, 2.75) is 107 Å². The number of nitrogens with one attached hydrogen (secondary N) is 4. The molecule has 2 atom stereocenters. The van der Waals surface area contributed by atoms with Crippen molar-refractivity contribution in [2.75, 3.05) is 52.1 Å². The molecule has 17 nitrogen and oxygen atoms in total. The van der Waals surface area contributed by atoms with Gasteiger partial charge in [-0.15, -0.1) is 0 Å². The van der Waals surface area contributed by atoms with Crippen LogP contribution in [0.5, 0.6) is 0 Å². The fraction of sp³-hybridized carbons (Fsp3) is 0.650. The van der Waals surface area contributed by atoms with Crippen LogP contribution in [0.15, 0.2) is 24.3 Å². The summed E-state index contributed by atoms with van der Waals surface area (Å²) in [7, 11) is 3.24. The number of hydrogen-bond donors (Lipinski definition) is 5. The van der Waals surface area contributed by atoms with Crippen molar-refractivity contribution >= 4 is 53.3 Å². The van der Waals surface area contributed by atoms with Gasteiger partial charge in [0.05, 0.1) is 6.54 Å². The molecule has 2 rings (SSSR count). The van der Waals surface area contributed by atoms with E-state index in [-0.39, 0.29) is 67.4 Å². The lowest BCUT2D eigenvalue weighted by atomic mass is 9.94. The Morgan fingerprint density at radius 1 is 0.895 bits per heavy atom. The lowest BCUT2D eigenvalue weighted by Gasteiger charge is -2.22. The van der Waals surface area contributed by atoms with E-state index in [1.54, 1.807) is 52.2 Å². The van der Waals surface area contributed by atoms with E-state index >= 15 is 0 Å². The van der Waals surface area contributed by atoms with Crippen LogP contribution in [0.2, 0.25) is 0 Å². The van der Waals surface area contributed by atoms with Gasteiger partial charge in [-0.3, -0.25) is 33.7 Å². The summed E-state index contributed by atoms with van der Waals surface area (Å²) in [6, 6.07) is 5.42. The molecule has 2 unspecified atom stereocenters. The van der Waals surface area contributed by atoms with E-state index in [1.807, 2.05) is 34.6 Å². The van der Waals surface area contributed by atoms with Crippen LogP contribution in [0.25, 0.3) is 0 Å². The highest BCUT2D eigenvalue weighted by molar-refractivity contribution is 6.03. The number of likely N-dealkylation sites (tertiary alicyclic amines) is 1. The number of likely N-dealkylation sites (N-methyl/N-ethyl adjacent to an activating group) is 2. The third kappa shape index (κ3) is 21.0. The zero-order valence-corrected chi connectivity index (χ0v) is 35.7. The number of primary amides is 1. The third-order valence-electron chi connectivity index (χ3n) is 8.83. The fourth-order valence-electron chi connectivity index (χ4n) is 5.20. The molecular weight excluding hydrogens is 736 g/mol. The molecule has 6 N–H and O–H groups in total. The van der Waals surface area contributed by atoms with E-state index < -0.39 is 30.0 Å². The SMILES string of the molecule is CC.CC(=O)N(C)CCN(C)C(=O)OCc1ccc(NC(=O)CNC(=O)C(NC(=O)CCCCCN2C(=O)CC(C(C)C)C2=O)C(C)C)cc1.CCCNC(N)=O. The number of ether oxygens (including phenoxy) is 1.